The van der Waals surface area contributed by atoms with E-state index in [1.165, 1.54) is 0 Å². The molecule has 1 saturated heterocycles. The van der Waals surface area contributed by atoms with Gasteiger partial charge in [-0.05, 0) is 31.4 Å². The van der Waals surface area contributed by atoms with Gasteiger partial charge in [0, 0.05) is 24.2 Å². The molecule has 0 bridgehead atoms. The third kappa shape index (κ3) is 3.18. The van der Waals surface area contributed by atoms with Crippen molar-refractivity contribution in [3.63, 3.8) is 0 Å². The smallest absolute Gasteiger partial charge is 0.227 e. The van der Waals surface area contributed by atoms with E-state index >= 15 is 0 Å². The predicted molar refractivity (Wildman–Crippen MR) is 88.5 cm³/mol. The number of nitrogens with two attached hydrogens (primary N) is 1. The number of carbonyl (C=O) groups is 2. The van der Waals surface area contributed by atoms with Crippen molar-refractivity contribution in [2.45, 2.75) is 32.2 Å². The van der Waals surface area contributed by atoms with Gasteiger partial charge in [0.25, 0.3) is 0 Å². The van der Waals surface area contributed by atoms with Crippen molar-refractivity contribution in [2.24, 2.45) is 11.7 Å². The van der Waals surface area contributed by atoms with Gasteiger partial charge in [-0.2, -0.15) is 0 Å². The largest absolute Gasteiger partial charge is 0.369 e. The molecule has 2 atom stereocenters. The van der Waals surface area contributed by atoms with Crippen molar-refractivity contribution in [2.75, 3.05) is 6.54 Å². The highest BCUT2D eigenvalue weighted by Crippen LogP contribution is 2.24. The Bertz CT molecular complexity index is 739. The van der Waals surface area contributed by atoms with E-state index in [9.17, 15) is 9.59 Å². The van der Waals surface area contributed by atoms with E-state index in [2.05, 4.69) is 4.98 Å². The summed E-state index contributed by atoms with van der Waals surface area (Å²) in [5, 5.41) is 1.03. The second kappa shape index (κ2) is 6.36. The molecular weight excluding hydrogens is 290 g/mol. The molecule has 0 unspecified atom stereocenters. The summed E-state index contributed by atoms with van der Waals surface area (Å²) < 4.78 is 0. The maximum absolute atomic E-state index is 12.7. The lowest BCUT2D eigenvalue weighted by molar-refractivity contribution is -0.136. The number of carbonyl (C=O) groups excluding carboxylic acids is 2. The summed E-state index contributed by atoms with van der Waals surface area (Å²) in [4.78, 5) is 30.4. The van der Waals surface area contributed by atoms with Crippen LogP contribution < -0.4 is 5.73 Å². The van der Waals surface area contributed by atoms with Crippen LogP contribution in [0.15, 0.2) is 36.5 Å². The third-order valence-corrected chi connectivity index (χ3v) is 4.66. The molecular formula is C18H21N3O2. The number of primary amides is 1. The highest BCUT2D eigenvalue weighted by atomic mass is 16.2. The fraction of sp³-hybridized carbons (Fsp3) is 0.389. The van der Waals surface area contributed by atoms with Crippen LogP contribution in [0, 0.1) is 5.92 Å². The molecule has 0 spiro atoms. The van der Waals surface area contributed by atoms with Gasteiger partial charge in [-0.15, -0.1) is 0 Å². The summed E-state index contributed by atoms with van der Waals surface area (Å²) in [6.07, 6.45) is 3.61. The van der Waals surface area contributed by atoms with E-state index in [4.69, 9.17) is 5.73 Å². The van der Waals surface area contributed by atoms with Crippen LogP contribution >= 0.6 is 0 Å². The Kier molecular flexibility index (Phi) is 4.28. The molecule has 23 heavy (non-hydrogen) atoms. The standard InChI is InChI=1S/C18H21N3O2/c1-12-7-8-15(18(19)23)11-21(12)16(22)10-14-5-2-4-13-6-3-9-20-17(13)14/h2-6,9,12,15H,7-8,10-11H2,1H3,(H2,19,23)/t12-,15+/m1/s1. The van der Waals surface area contributed by atoms with Gasteiger partial charge in [0.05, 0.1) is 17.9 Å². The van der Waals surface area contributed by atoms with Crippen LogP contribution in [-0.4, -0.2) is 34.3 Å². The zero-order valence-corrected chi connectivity index (χ0v) is 13.2. The molecule has 2 amide bonds. The molecule has 0 saturated carbocycles. The maximum atomic E-state index is 12.7. The van der Waals surface area contributed by atoms with Gasteiger partial charge in [-0.1, -0.05) is 24.3 Å². The number of nitrogens with zero attached hydrogens (tertiary/aromatic N) is 2. The summed E-state index contributed by atoms with van der Waals surface area (Å²) >= 11 is 0. The number of para-hydroxylation sites is 1. The number of aromatic nitrogens is 1. The Morgan fingerprint density at radius 2 is 2.04 bits per heavy atom. The van der Waals surface area contributed by atoms with E-state index in [1.54, 1.807) is 11.1 Å². The molecule has 5 heteroatoms. The van der Waals surface area contributed by atoms with Crippen LogP contribution in [0.3, 0.4) is 0 Å². The first-order valence-electron chi connectivity index (χ1n) is 7.97. The fourth-order valence-electron chi connectivity index (χ4n) is 3.26. The Labute approximate surface area is 135 Å². The van der Waals surface area contributed by atoms with Crippen molar-refractivity contribution >= 4 is 22.7 Å². The lowest BCUT2D eigenvalue weighted by atomic mass is 9.92. The second-order valence-corrected chi connectivity index (χ2v) is 6.24. The van der Waals surface area contributed by atoms with Crippen molar-refractivity contribution in [3.05, 3.63) is 42.1 Å². The van der Waals surface area contributed by atoms with Crippen molar-refractivity contribution in [3.8, 4) is 0 Å². The molecule has 2 heterocycles. The first-order chi connectivity index (χ1) is 11.1. The molecule has 1 aromatic carbocycles. The number of fused-ring (bicyclic) bond motifs is 1. The number of hydrogen-bond acceptors (Lipinski definition) is 3. The van der Waals surface area contributed by atoms with Gasteiger partial charge < -0.3 is 10.6 Å². The number of benzene rings is 1. The maximum Gasteiger partial charge on any atom is 0.227 e. The van der Waals surface area contributed by atoms with Gasteiger partial charge in [0.1, 0.15) is 0 Å². The lowest BCUT2D eigenvalue weighted by Gasteiger charge is -2.37. The van der Waals surface area contributed by atoms with E-state index < -0.39 is 0 Å². The average Bonchev–Trinajstić information content (AvgIpc) is 2.55. The average molecular weight is 311 g/mol. The monoisotopic (exact) mass is 311 g/mol. The fourth-order valence-corrected chi connectivity index (χ4v) is 3.26. The zero-order chi connectivity index (χ0) is 16.4. The summed E-state index contributed by atoms with van der Waals surface area (Å²) in [6.45, 7) is 2.45. The molecule has 1 fully saturated rings. The third-order valence-electron chi connectivity index (χ3n) is 4.66. The molecule has 2 aromatic rings. The number of rotatable bonds is 3. The Morgan fingerprint density at radius 3 is 2.83 bits per heavy atom. The summed E-state index contributed by atoms with van der Waals surface area (Å²) in [7, 11) is 0. The van der Waals surface area contributed by atoms with Crippen LogP contribution in [0.1, 0.15) is 25.3 Å². The minimum absolute atomic E-state index is 0.0293. The van der Waals surface area contributed by atoms with Crippen molar-refractivity contribution in [1.29, 1.82) is 0 Å². The van der Waals surface area contributed by atoms with E-state index in [0.717, 1.165) is 29.3 Å². The highest BCUT2D eigenvalue weighted by molar-refractivity contribution is 5.88. The number of amides is 2. The first kappa shape index (κ1) is 15.5. The normalized spacial score (nSPS) is 21.3. The Hall–Kier alpha value is -2.43. The molecule has 0 radical (unpaired) electrons. The number of pyridine rings is 1. The SMILES string of the molecule is C[C@@H]1CC[C@H](C(N)=O)CN1C(=O)Cc1cccc2cccnc12. The zero-order valence-electron chi connectivity index (χ0n) is 13.2. The molecule has 1 aliphatic heterocycles. The van der Waals surface area contributed by atoms with Crippen molar-refractivity contribution < 1.29 is 9.59 Å². The quantitative estimate of drug-likeness (QED) is 0.940. The number of hydrogen-bond donors (Lipinski definition) is 1. The molecule has 5 nitrogen and oxygen atoms in total. The highest BCUT2D eigenvalue weighted by Gasteiger charge is 2.31. The van der Waals surface area contributed by atoms with Gasteiger partial charge in [0.2, 0.25) is 11.8 Å². The second-order valence-electron chi connectivity index (χ2n) is 6.24. The number of piperidine rings is 1. The van der Waals surface area contributed by atoms with Crippen LogP contribution in [0.25, 0.3) is 10.9 Å². The minimum Gasteiger partial charge on any atom is -0.369 e. The van der Waals surface area contributed by atoms with Crippen LogP contribution in [0.4, 0.5) is 0 Å². The topological polar surface area (TPSA) is 76.3 Å². The molecule has 0 aliphatic carbocycles. The Morgan fingerprint density at radius 1 is 1.26 bits per heavy atom. The van der Waals surface area contributed by atoms with Crippen LogP contribution in [-0.2, 0) is 16.0 Å². The van der Waals surface area contributed by atoms with Gasteiger partial charge in [-0.3, -0.25) is 14.6 Å². The van der Waals surface area contributed by atoms with E-state index in [1.807, 2.05) is 37.3 Å². The van der Waals surface area contributed by atoms with Crippen molar-refractivity contribution in [1.82, 2.24) is 9.88 Å². The lowest BCUT2D eigenvalue weighted by Crippen LogP contribution is -2.49. The first-order valence-corrected chi connectivity index (χ1v) is 7.97. The van der Waals surface area contributed by atoms with E-state index in [-0.39, 0.29) is 23.8 Å². The van der Waals surface area contributed by atoms with Gasteiger partial charge >= 0.3 is 0 Å². The molecule has 2 N–H and O–H groups in total. The summed E-state index contributed by atoms with van der Waals surface area (Å²) in [6, 6.07) is 9.89. The molecule has 120 valence electrons. The minimum atomic E-state index is -0.318. The summed E-state index contributed by atoms with van der Waals surface area (Å²) in [5.41, 5.74) is 7.19. The van der Waals surface area contributed by atoms with Gasteiger partial charge in [-0.25, -0.2) is 0 Å². The van der Waals surface area contributed by atoms with Gasteiger partial charge in [0.15, 0.2) is 0 Å². The number of likely N-dealkylation sites (tertiary alicyclic amines) is 1. The van der Waals surface area contributed by atoms with Crippen LogP contribution in [0.2, 0.25) is 0 Å². The molecule has 1 aromatic heterocycles. The Balaban J connectivity index is 1.81. The molecule has 1 aliphatic rings. The van der Waals surface area contributed by atoms with Crippen LogP contribution in [0.5, 0.6) is 0 Å². The van der Waals surface area contributed by atoms with E-state index in [0.29, 0.717) is 13.0 Å². The molecule has 3 rings (SSSR count). The predicted octanol–water partition coefficient (Wildman–Crippen LogP) is 1.89. The summed E-state index contributed by atoms with van der Waals surface area (Å²) in [5.74, 6) is -0.524.